The molecule has 0 aliphatic heterocycles. The molecule has 0 aliphatic carbocycles. The van der Waals surface area contributed by atoms with Crippen molar-refractivity contribution in [2.45, 2.75) is 135 Å². The topological polar surface area (TPSA) is 89.6 Å². The number of carboxylic acids is 1. The fourth-order valence-corrected chi connectivity index (χ4v) is 4.26. The van der Waals surface area contributed by atoms with E-state index in [9.17, 15) is 9.59 Å². The summed E-state index contributed by atoms with van der Waals surface area (Å²) in [5, 5.41) is 8.87. The van der Waals surface area contributed by atoms with E-state index in [1.54, 1.807) is 24.3 Å². The summed E-state index contributed by atoms with van der Waals surface area (Å²) < 4.78 is 5.37. The highest BCUT2D eigenvalue weighted by molar-refractivity contribution is 5.73. The molecule has 0 bridgehead atoms. The Kier molecular flexibility index (Phi) is 19.6. The summed E-state index contributed by atoms with van der Waals surface area (Å²) in [4.78, 5) is 22.8. The van der Waals surface area contributed by atoms with Gasteiger partial charge < -0.3 is 15.6 Å². The molecule has 0 amide bonds. The number of benzene rings is 1. The van der Waals surface area contributed by atoms with Gasteiger partial charge in [-0.15, -0.1) is 0 Å². The van der Waals surface area contributed by atoms with Crippen molar-refractivity contribution in [3.63, 3.8) is 0 Å². The molecule has 0 fully saturated rings. The summed E-state index contributed by atoms with van der Waals surface area (Å²) in [5.74, 6) is -0.755. The van der Waals surface area contributed by atoms with Crippen molar-refractivity contribution in [3.8, 4) is 5.75 Å². The van der Waals surface area contributed by atoms with E-state index in [2.05, 4.69) is 19.1 Å². The number of unbranched alkanes of at least 4 members (excludes halogenated alkanes) is 15. The second kappa shape index (κ2) is 22.1. The summed E-state index contributed by atoms with van der Waals surface area (Å²) in [6.45, 7) is 2.27. The predicted molar refractivity (Wildman–Crippen MR) is 149 cm³/mol. The van der Waals surface area contributed by atoms with Crippen LogP contribution in [0.2, 0.25) is 0 Å². The Morgan fingerprint density at radius 3 is 1.75 bits per heavy atom. The fourth-order valence-electron chi connectivity index (χ4n) is 4.26. The highest BCUT2D eigenvalue weighted by Gasteiger charge is 2.12. The molecule has 0 unspecified atom stereocenters. The normalized spacial score (nSPS) is 12.2. The van der Waals surface area contributed by atoms with Gasteiger partial charge in [0.05, 0.1) is 0 Å². The van der Waals surface area contributed by atoms with Crippen LogP contribution in [0.1, 0.15) is 128 Å². The van der Waals surface area contributed by atoms with Gasteiger partial charge in [-0.05, 0) is 56.2 Å². The summed E-state index contributed by atoms with van der Waals surface area (Å²) in [5.41, 5.74) is 6.35. The number of allylic oxidation sites excluding steroid dienone is 2. The summed E-state index contributed by atoms with van der Waals surface area (Å²) in [6.07, 6.45) is 27.1. The van der Waals surface area contributed by atoms with Gasteiger partial charge in [0.1, 0.15) is 11.8 Å². The van der Waals surface area contributed by atoms with Crippen LogP contribution in [-0.2, 0) is 16.0 Å². The van der Waals surface area contributed by atoms with Gasteiger partial charge in [0, 0.05) is 6.42 Å². The Balaban J connectivity index is 1.90. The first-order chi connectivity index (χ1) is 17.5. The van der Waals surface area contributed by atoms with Gasteiger partial charge in [-0.3, -0.25) is 9.59 Å². The maximum Gasteiger partial charge on any atom is 0.320 e. The minimum absolute atomic E-state index is 0.217. The smallest absolute Gasteiger partial charge is 0.320 e. The molecule has 1 aromatic carbocycles. The molecule has 5 heteroatoms. The molecule has 204 valence electrons. The zero-order chi connectivity index (χ0) is 26.3. The molecule has 0 aromatic heterocycles. The molecule has 0 radical (unpaired) electrons. The average Bonchev–Trinajstić information content (AvgIpc) is 2.86. The van der Waals surface area contributed by atoms with Crippen molar-refractivity contribution in [2.24, 2.45) is 5.73 Å². The van der Waals surface area contributed by atoms with Crippen molar-refractivity contribution in [3.05, 3.63) is 42.0 Å². The Bertz CT molecular complexity index is 714. The SMILES string of the molecule is CCCCCCCCC=CCCCCCCCCCCCC(=O)Oc1ccc(C[C@H](N)C(=O)O)cc1. The lowest BCUT2D eigenvalue weighted by Gasteiger charge is -2.08. The minimum Gasteiger partial charge on any atom is -0.480 e. The van der Waals surface area contributed by atoms with Crippen LogP contribution in [0.25, 0.3) is 0 Å². The second-order valence-electron chi connectivity index (χ2n) is 10.0. The van der Waals surface area contributed by atoms with Crippen LogP contribution in [-0.4, -0.2) is 23.1 Å². The van der Waals surface area contributed by atoms with Gasteiger partial charge in [-0.1, -0.05) is 108 Å². The number of rotatable bonds is 23. The van der Waals surface area contributed by atoms with E-state index in [1.807, 2.05) is 0 Å². The molecular weight excluding hydrogens is 450 g/mol. The third kappa shape index (κ3) is 18.2. The maximum atomic E-state index is 12.0. The minimum atomic E-state index is -1.03. The molecule has 1 rings (SSSR count). The molecular formula is C31H51NO4. The number of carbonyl (C=O) groups is 2. The van der Waals surface area contributed by atoms with E-state index >= 15 is 0 Å². The number of carboxylic acid groups (broad SMARTS) is 1. The van der Waals surface area contributed by atoms with Crippen LogP contribution in [0.15, 0.2) is 36.4 Å². The van der Waals surface area contributed by atoms with Crippen LogP contribution < -0.4 is 10.5 Å². The molecule has 36 heavy (non-hydrogen) atoms. The first-order valence-corrected chi connectivity index (χ1v) is 14.5. The van der Waals surface area contributed by atoms with Crippen molar-refractivity contribution in [1.82, 2.24) is 0 Å². The van der Waals surface area contributed by atoms with Gasteiger partial charge in [0.15, 0.2) is 0 Å². The molecule has 0 saturated heterocycles. The Morgan fingerprint density at radius 1 is 0.778 bits per heavy atom. The number of esters is 1. The maximum absolute atomic E-state index is 12.0. The van der Waals surface area contributed by atoms with Gasteiger partial charge in [0.2, 0.25) is 0 Å². The lowest BCUT2D eigenvalue weighted by atomic mass is 10.1. The number of nitrogens with two attached hydrogens (primary N) is 1. The zero-order valence-corrected chi connectivity index (χ0v) is 22.7. The van der Waals surface area contributed by atoms with E-state index in [0.717, 1.165) is 18.4 Å². The van der Waals surface area contributed by atoms with E-state index < -0.39 is 12.0 Å². The van der Waals surface area contributed by atoms with Crippen LogP contribution >= 0.6 is 0 Å². The molecule has 1 atom stereocenters. The van der Waals surface area contributed by atoms with Gasteiger partial charge in [-0.25, -0.2) is 0 Å². The van der Waals surface area contributed by atoms with E-state index in [0.29, 0.717) is 12.2 Å². The van der Waals surface area contributed by atoms with Gasteiger partial charge in [-0.2, -0.15) is 0 Å². The number of hydrogen-bond donors (Lipinski definition) is 2. The molecule has 0 saturated carbocycles. The lowest BCUT2D eigenvalue weighted by molar-refractivity contribution is -0.138. The third-order valence-corrected chi connectivity index (χ3v) is 6.57. The van der Waals surface area contributed by atoms with Crippen molar-refractivity contribution < 1.29 is 19.4 Å². The van der Waals surface area contributed by atoms with Crippen molar-refractivity contribution >= 4 is 11.9 Å². The fraction of sp³-hybridized carbons (Fsp3) is 0.677. The number of hydrogen-bond acceptors (Lipinski definition) is 4. The number of aliphatic carboxylic acids is 1. The Labute approximate surface area is 219 Å². The van der Waals surface area contributed by atoms with E-state index in [4.69, 9.17) is 15.6 Å². The summed E-state index contributed by atoms with van der Waals surface area (Å²) in [6, 6.07) is 5.95. The quantitative estimate of drug-likeness (QED) is 0.0683. The Hall–Kier alpha value is -2.14. The largest absolute Gasteiger partial charge is 0.480 e. The third-order valence-electron chi connectivity index (χ3n) is 6.57. The standard InChI is InChI=1S/C31H51NO4/c1-2-3-4-5-6-7-8-9-10-11-12-13-14-15-16-17-18-19-20-21-30(33)36-28-24-22-27(23-25-28)26-29(32)31(34)35/h9-10,22-25,29H,2-8,11-21,26,32H2,1H3,(H,34,35)/t29-/m0/s1. The molecule has 0 spiro atoms. The van der Waals surface area contributed by atoms with Crippen molar-refractivity contribution in [1.29, 1.82) is 0 Å². The molecule has 1 aromatic rings. The predicted octanol–water partition coefficient (Wildman–Crippen LogP) is 8.14. The lowest BCUT2D eigenvalue weighted by Crippen LogP contribution is -2.32. The average molecular weight is 502 g/mol. The van der Waals surface area contributed by atoms with Gasteiger partial charge in [0.25, 0.3) is 0 Å². The number of carbonyl (C=O) groups excluding carboxylic acids is 1. The van der Waals surface area contributed by atoms with Crippen LogP contribution in [0, 0.1) is 0 Å². The molecule has 3 N–H and O–H groups in total. The van der Waals surface area contributed by atoms with Crippen LogP contribution in [0.4, 0.5) is 0 Å². The first kappa shape index (κ1) is 31.9. The highest BCUT2D eigenvalue weighted by atomic mass is 16.5. The summed E-state index contributed by atoms with van der Waals surface area (Å²) in [7, 11) is 0. The van der Waals surface area contributed by atoms with E-state index in [1.165, 1.54) is 96.3 Å². The number of ether oxygens (including phenoxy) is 1. The molecule has 0 aliphatic rings. The molecule has 5 nitrogen and oxygen atoms in total. The Morgan fingerprint density at radius 2 is 1.25 bits per heavy atom. The van der Waals surface area contributed by atoms with E-state index in [-0.39, 0.29) is 12.4 Å². The zero-order valence-electron chi connectivity index (χ0n) is 22.7. The van der Waals surface area contributed by atoms with Crippen molar-refractivity contribution in [2.75, 3.05) is 0 Å². The molecule has 0 heterocycles. The van der Waals surface area contributed by atoms with Gasteiger partial charge >= 0.3 is 11.9 Å². The first-order valence-electron chi connectivity index (χ1n) is 14.5. The van der Waals surface area contributed by atoms with Crippen LogP contribution in [0.3, 0.4) is 0 Å². The van der Waals surface area contributed by atoms with Crippen LogP contribution in [0.5, 0.6) is 5.75 Å². The monoisotopic (exact) mass is 501 g/mol. The highest BCUT2D eigenvalue weighted by Crippen LogP contribution is 2.16. The summed E-state index contributed by atoms with van der Waals surface area (Å²) >= 11 is 0. The second-order valence-corrected chi connectivity index (χ2v) is 10.0.